The van der Waals surface area contributed by atoms with E-state index in [-0.39, 0.29) is 0 Å². The molecule has 92 valence electrons. The van der Waals surface area contributed by atoms with Gasteiger partial charge >= 0.3 is 0 Å². The molecule has 2 atom stereocenters. The van der Waals surface area contributed by atoms with Crippen LogP contribution in [0.5, 0.6) is 0 Å². The van der Waals surface area contributed by atoms with Gasteiger partial charge in [-0.1, -0.05) is 13.8 Å². The highest BCUT2D eigenvalue weighted by Crippen LogP contribution is 2.18. The van der Waals surface area contributed by atoms with E-state index >= 15 is 0 Å². The van der Waals surface area contributed by atoms with Crippen molar-refractivity contribution in [1.82, 2.24) is 9.80 Å². The van der Waals surface area contributed by atoms with Crippen molar-refractivity contribution in [1.29, 1.82) is 5.26 Å². The fourth-order valence-corrected chi connectivity index (χ4v) is 2.71. The smallest absolute Gasteiger partial charge is 0.0638 e. The maximum absolute atomic E-state index is 8.89. The summed E-state index contributed by atoms with van der Waals surface area (Å²) in [5, 5.41) is 8.89. The number of rotatable bonds is 4. The first-order chi connectivity index (χ1) is 7.72. The molecule has 0 saturated carbocycles. The summed E-state index contributed by atoms with van der Waals surface area (Å²) in [6, 6.07) is 3.43. The van der Waals surface area contributed by atoms with E-state index in [1.807, 2.05) is 0 Å². The van der Waals surface area contributed by atoms with E-state index in [0.29, 0.717) is 18.5 Å². The molecule has 1 aliphatic rings. The van der Waals surface area contributed by atoms with Crippen molar-refractivity contribution >= 4 is 0 Å². The molecule has 0 bridgehead atoms. The topological polar surface area (TPSA) is 30.3 Å². The number of nitrogens with zero attached hydrogens (tertiary/aromatic N) is 3. The molecule has 0 N–H and O–H groups in total. The van der Waals surface area contributed by atoms with Crippen LogP contribution >= 0.6 is 0 Å². The van der Waals surface area contributed by atoms with Crippen LogP contribution in [0, 0.1) is 11.3 Å². The second kappa shape index (κ2) is 6.88. The molecular weight excluding hydrogens is 198 g/mol. The Morgan fingerprint density at radius 1 is 1.38 bits per heavy atom. The van der Waals surface area contributed by atoms with Crippen LogP contribution in [-0.2, 0) is 0 Å². The summed E-state index contributed by atoms with van der Waals surface area (Å²) in [5.74, 6) is 0. The molecular formula is C13H25N3. The van der Waals surface area contributed by atoms with E-state index in [1.54, 1.807) is 0 Å². The third-order valence-electron chi connectivity index (χ3n) is 3.69. The van der Waals surface area contributed by atoms with Gasteiger partial charge in [-0.3, -0.25) is 4.90 Å². The van der Waals surface area contributed by atoms with Crippen LogP contribution in [0.25, 0.3) is 0 Å². The van der Waals surface area contributed by atoms with Gasteiger partial charge in [0.2, 0.25) is 0 Å². The lowest BCUT2D eigenvalue weighted by atomic mass is 10.1. The summed E-state index contributed by atoms with van der Waals surface area (Å²) in [6.07, 6.45) is 4.19. The number of hydrogen-bond acceptors (Lipinski definition) is 3. The molecule has 0 spiro atoms. The molecule has 0 aromatic rings. The predicted octanol–water partition coefficient (Wildman–Crippen LogP) is 2.09. The maximum atomic E-state index is 8.89. The molecule has 1 fully saturated rings. The Morgan fingerprint density at radius 2 is 2.12 bits per heavy atom. The summed E-state index contributed by atoms with van der Waals surface area (Å²) in [6.45, 7) is 7.96. The minimum Gasteiger partial charge on any atom is -0.305 e. The Kier molecular flexibility index (Phi) is 5.79. The molecule has 1 heterocycles. The van der Waals surface area contributed by atoms with Crippen LogP contribution < -0.4 is 0 Å². The van der Waals surface area contributed by atoms with Gasteiger partial charge in [0.15, 0.2) is 0 Å². The van der Waals surface area contributed by atoms with E-state index < -0.39 is 0 Å². The zero-order valence-corrected chi connectivity index (χ0v) is 10.9. The quantitative estimate of drug-likeness (QED) is 0.731. The van der Waals surface area contributed by atoms with Crippen molar-refractivity contribution in [3.8, 4) is 6.07 Å². The van der Waals surface area contributed by atoms with Gasteiger partial charge in [-0.25, -0.2) is 0 Å². The lowest BCUT2D eigenvalue weighted by Crippen LogP contribution is -2.45. The normalized spacial score (nSPS) is 26.0. The van der Waals surface area contributed by atoms with Gasteiger partial charge in [0.1, 0.15) is 0 Å². The third-order valence-corrected chi connectivity index (χ3v) is 3.69. The first-order valence-electron chi connectivity index (χ1n) is 6.54. The highest BCUT2D eigenvalue weighted by molar-refractivity contribution is 4.87. The summed E-state index contributed by atoms with van der Waals surface area (Å²) in [7, 11) is 2.21. The monoisotopic (exact) mass is 223 g/mol. The number of likely N-dealkylation sites (N-methyl/N-ethyl adjacent to an activating group) is 1. The largest absolute Gasteiger partial charge is 0.305 e. The minimum atomic E-state index is 0.460. The van der Waals surface area contributed by atoms with E-state index in [0.717, 1.165) is 19.5 Å². The molecule has 3 heteroatoms. The lowest BCUT2D eigenvalue weighted by Gasteiger charge is -2.35. The lowest BCUT2D eigenvalue weighted by molar-refractivity contribution is 0.126. The van der Waals surface area contributed by atoms with Gasteiger partial charge in [-0.15, -0.1) is 0 Å². The van der Waals surface area contributed by atoms with Gasteiger partial charge in [-0.05, 0) is 32.9 Å². The van der Waals surface area contributed by atoms with Crippen LogP contribution in [-0.4, -0.2) is 48.6 Å². The minimum absolute atomic E-state index is 0.460. The predicted molar refractivity (Wildman–Crippen MR) is 67.2 cm³/mol. The average Bonchev–Trinajstić information content (AvgIpc) is 2.47. The highest BCUT2D eigenvalue weighted by Gasteiger charge is 2.26. The first-order valence-corrected chi connectivity index (χ1v) is 6.54. The summed E-state index contributed by atoms with van der Waals surface area (Å²) >= 11 is 0. The molecule has 1 saturated heterocycles. The van der Waals surface area contributed by atoms with E-state index in [1.165, 1.54) is 19.4 Å². The zero-order valence-electron chi connectivity index (χ0n) is 10.9. The molecule has 0 aromatic heterocycles. The fraction of sp³-hybridized carbons (Fsp3) is 0.923. The Bertz CT molecular complexity index is 234. The van der Waals surface area contributed by atoms with E-state index in [2.05, 4.69) is 36.8 Å². The molecule has 3 nitrogen and oxygen atoms in total. The van der Waals surface area contributed by atoms with Crippen molar-refractivity contribution in [2.45, 2.75) is 51.6 Å². The van der Waals surface area contributed by atoms with Crippen LogP contribution in [0.2, 0.25) is 0 Å². The van der Waals surface area contributed by atoms with Crippen molar-refractivity contribution in [3.05, 3.63) is 0 Å². The number of hydrogen-bond donors (Lipinski definition) is 0. The molecule has 0 aliphatic carbocycles. The van der Waals surface area contributed by atoms with Crippen molar-refractivity contribution in [2.24, 2.45) is 0 Å². The van der Waals surface area contributed by atoms with Crippen LogP contribution in [0.4, 0.5) is 0 Å². The maximum Gasteiger partial charge on any atom is 0.0638 e. The molecule has 0 amide bonds. The molecule has 16 heavy (non-hydrogen) atoms. The van der Waals surface area contributed by atoms with Gasteiger partial charge in [-0.2, -0.15) is 5.26 Å². The third kappa shape index (κ3) is 3.47. The van der Waals surface area contributed by atoms with Crippen molar-refractivity contribution in [2.75, 3.05) is 26.7 Å². The summed E-state index contributed by atoms with van der Waals surface area (Å²) in [5.41, 5.74) is 0. The standard InChI is InChI=1S/C13H25N3/c1-4-12(7-8-14)16-10-6-9-15(3)11-13(16)5-2/h12-13H,4-7,9-11H2,1-3H3. The van der Waals surface area contributed by atoms with Crippen LogP contribution in [0.1, 0.15) is 39.5 Å². The van der Waals surface area contributed by atoms with Gasteiger partial charge < -0.3 is 4.90 Å². The van der Waals surface area contributed by atoms with E-state index in [9.17, 15) is 0 Å². The van der Waals surface area contributed by atoms with Crippen molar-refractivity contribution in [3.63, 3.8) is 0 Å². The summed E-state index contributed by atoms with van der Waals surface area (Å²) < 4.78 is 0. The highest BCUT2D eigenvalue weighted by atomic mass is 15.2. The molecule has 0 radical (unpaired) electrons. The van der Waals surface area contributed by atoms with Gasteiger partial charge in [0.25, 0.3) is 0 Å². The fourth-order valence-electron chi connectivity index (χ4n) is 2.71. The van der Waals surface area contributed by atoms with Crippen LogP contribution in [0.15, 0.2) is 0 Å². The van der Waals surface area contributed by atoms with Crippen LogP contribution in [0.3, 0.4) is 0 Å². The second-order valence-corrected chi connectivity index (χ2v) is 4.84. The van der Waals surface area contributed by atoms with Gasteiger partial charge in [0, 0.05) is 25.2 Å². The Morgan fingerprint density at radius 3 is 2.69 bits per heavy atom. The SMILES string of the molecule is CCC(CC#N)N1CCCN(C)CC1CC. The average molecular weight is 223 g/mol. The Hall–Kier alpha value is -0.590. The van der Waals surface area contributed by atoms with E-state index in [4.69, 9.17) is 5.26 Å². The zero-order chi connectivity index (χ0) is 12.0. The first kappa shape index (κ1) is 13.5. The number of nitriles is 1. The van der Waals surface area contributed by atoms with Gasteiger partial charge in [0.05, 0.1) is 12.5 Å². The Labute approximate surface area is 100 Å². The summed E-state index contributed by atoms with van der Waals surface area (Å²) in [4.78, 5) is 5.00. The Balaban J connectivity index is 2.69. The second-order valence-electron chi connectivity index (χ2n) is 4.84. The molecule has 2 unspecified atom stereocenters. The van der Waals surface area contributed by atoms with Crippen molar-refractivity contribution < 1.29 is 0 Å². The molecule has 1 aliphatic heterocycles. The molecule has 0 aromatic carbocycles. The molecule has 1 rings (SSSR count).